The molecule has 11 rings (SSSR count). The van der Waals surface area contributed by atoms with Crippen molar-refractivity contribution in [3.8, 4) is 11.1 Å². The molecule has 4 amide bonds. The molecule has 0 radical (unpaired) electrons. The fraction of sp³-hybridized carbons (Fsp3) is 0.283. The highest BCUT2D eigenvalue weighted by Crippen LogP contribution is 2.30. The Morgan fingerprint density at radius 3 is 1.72 bits per heavy atom. The molecule has 0 spiro atoms. The summed E-state index contributed by atoms with van der Waals surface area (Å²) in [4.78, 5) is 95.9. The summed E-state index contributed by atoms with van der Waals surface area (Å²) in [5.74, 6) is -0.318. The number of hydrogen-bond acceptors (Lipinski definition) is 10. The number of nitrogens with zero attached hydrogens (tertiary/aromatic N) is 7. The second kappa shape index (κ2) is 17.4. The lowest BCUT2D eigenvalue weighted by Crippen LogP contribution is -2.37. The molecule has 336 valence electrons. The van der Waals surface area contributed by atoms with E-state index < -0.39 is 0 Å². The van der Waals surface area contributed by atoms with E-state index in [1.807, 2.05) is 30.3 Å². The molecule has 1 saturated heterocycles. The van der Waals surface area contributed by atoms with Gasteiger partial charge in [-0.3, -0.25) is 52.6 Å². The lowest BCUT2D eigenvalue weighted by molar-refractivity contribution is 0.0639. The van der Waals surface area contributed by atoms with Gasteiger partial charge in [-0.1, -0.05) is 54.6 Å². The number of carbonyl (C=O) groups is 4. The highest BCUT2D eigenvalue weighted by Gasteiger charge is 2.36. The van der Waals surface area contributed by atoms with E-state index in [1.54, 1.807) is 69.8 Å². The van der Waals surface area contributed by atoms with Crippen molar-refractivity contribution in [1.29, 1.82) is 0 Å². The van der Waals surface area contributed by atoms with E-state index in [2.05, 4.69) is 23.1 Å². The molecular formula is C53H47N7O7. The third-order valence-electron chi connectivity index (χ3n) is 13.8. The minimum Gasteiger partial charge on any atom is -0.378 e. The van der Waals surface area contributed by atoms with Gasteiger partial charge < -0.3 is 4.74 Å². The van der Waals surface area contributed by atoms with Crippen LogP contribution in [0.3, 0.4) is 0 Å². The third kappa shape index (κ3) is 7.75. The zero-order valence-corrected chi connectivity index (χ0v) is 36.9. The van der Waals surface area contributed by atoms with Crippen LogP contribution in [0.25, 0.3) is 32.9 Å². The minimum absolute atomic E-state index is 0.0537. The molecule has 2 aromatic heterocycles. The van der Waals surface area contributed by atoms with Gasteiger partial charge in [-0.15, -0.1) is 0 Å². The number of aromatic nitrogens is 4. The molecule has 0 aliphatic carbocycles. The number of benzene rings is 5. The first-order chi connectivity index (χ1) is 32.7. The van der Waals surface area contributed by atoms with Crippen LogP contribution in [-0.4, -0.2) is 96.3 Å². The molecule has 1 fully saturated rings. The van der Waals surface area contributed by atoms with Gasteiger partial charge in [-0.2, -0.15) is 0 Å². The van der Waals surface area contributed by atoms with E-state index in [1.165, 1.54) is 15.4 Å². The summed E-state index contributed by atoms with van der Waals surface area (Å²) in [5.41, 5.74) is 6.59. The van der Waals surface area contributed by atoms with E-state index in [0.29, 0.717) is 94.9 Å². The average molecular weight is 894 g/mol. The maximum atomic E-state index is 14.5. The largest absolute Gasteiger partial charge is 0.378 e. The number of hydrogen-bond donors (Lipinski definition) is 0. The van der Waals surface area contributed by atoms with Crippen molar-refractivity contribution in [2.75, 3.05) is 32.8 Å². The standard InChI is InChI=1S/C53H47N7O7/c61-48-38-9-1-2-10-39(38)49(62)59(48)25-21-46-55-45-18-17-35(31-43(45)53(66)57(46)24-20-37-8-7-29-67-37)34-16-15-33-19-23-56(32-36(33)30-34)27-28-58-47(54-44-14-6-5-13-42(44)52(58)65)22-26-60-50(63)40-11-3-4-12-41(40)51(60)64/h1-6,9-18,30-31,37H,7-8,19-29,32H2. The van der Waals surface area contributed by atoms with Gasteiger partial charge in [0.25, 0.3) is 34.7 Å². The molecule has 67 heavy (non-hydrogen) atoms. The summed E-state index contributed by atoms with van der Waals surface area (Å²) in [6.45, 7) is 3.72. The van der Waals surface area contributed by atoms with Crippen LogP contribution in [0.5, 0.6) is 0 Å². The van der Waals surface area contributed by atoms with Crippen molar-refractivity contribution in [1.82, 2.24) is 33.8 Å². The smallest absolute Gasteiger partial charge is 0.261 e. The van der Waals surface area contributed by atoms with Crippen LogP contribution < -0.4 is 11.1 Å². The van der Waals surface area contributed by atoms with Crippen molar-refractivity contribution in [2.45, 2.75) is 64.3 Å². The zero-order chi connectivity index (χ0) is 45.8. The Balaban J connectivity index is 0.826. The van der Waals surface area contributed by atoms with Gasteiger partial charge in [-0.25, -0.2) is 9.97 Å². The van der Waals surface area contributed by atoms with E-state index >= 15 is 0 Å². The summed E-state index contributed by atoms with van der Waals surface area (Å²) >= 11 is 0. The number of para-hydroxylation sites is 1. The number of ether oxygens (including phenoxy) is 1. The van der Waals surface area contributed by atoms with Crippen molar-refractivity contribution < 1.29 is 23.9 Å². The number of carbonyl (C=O) groups excluding carboxylic acids is 4. The molecule has 14 heteroatoms. The quantitative estimate of drug-likeness (QED) is 0.124. The Morgan fingerprint density at radius 1 is 0.537 bits per heavy atom. The monoisotopic (exact) mass is 893 g/mol. The molecule has 7 aromatic rings. The van der Waals surface area contributed by atoms with Gasteiger partial charge >= 0.3 is 0 Å². The predicted octanol–water partition coefficient (Wildman–Crippen LogP) is 6.08. The maximum Gasteiger partial charge on any atom is 0.261 e. The first kappa shape index (κ1) is 42.2. The second-order valence-corrected chi connectivity index (χ2v) is 17.8. The van der Waals surface area contributed by atoms with Crippen LogP contribution in [0.4, 0.5) is 0 Å². The molecule has 1 atom stereocenters. The Hall–Kier alpha value is -7.42. The molecule has 5 aromatic carbocycles. The van der Waals surface area contributed by atoms with E-state index in [0.717, 1.165) is 42.5 Å². The number of rotatable bonds is 13. The Bertz CT molecular complexity index is 3250. The van der Waals surface area contributed by atoms with Crippen LogP contribution in [-0.2, 0) is 43.6 Å². The summed E-state index contributed by atoms with van der Waals surface area (Å²) in [7, 11) is 0. The summed E-state index contributed by atoms with van der Waals surface area (Å²) in [6, 6.07) is 33.1. The van der Waals surface area contributed by atoms with E-state index in [9.17, 15) is 28.8 Å². The molecule has 4 aliphatic heterocycles. The molecule has 14 nitrogen and oxygen atoms in total. The van der Waals surface area contributed by atoms with Gasteiger partial charge in [0, 0.05) is 65.3 Å². The highest BCUT2D eigenvalue weighted by atomic mass is 16.5. The molecule has 0 saturated carbocycles. The van der Waals surface area contributed by atoms with Crippen LogP contribution >= 0.6 is 0 Å². The van der Waals surface area contributed by atoms with Crippen LogP contribution in [0, 0.1) is 0 Å². The number of fused-ring (bicyclic) bond motifs is 5. The molecular weight excluding hydrogens is 847 g/mol. The lowest BCUT2D eigenvalue weighted by Gasteiger charge is -2.29. The van der Waals surface area contributed by atoms with Crippen molar-refractivity contribution in [2.24, 2.45) is 0 Å². The average Bonchev–Trinajstić information content (AvgIpc) is 4.04. The van der Waals surface area contributed by atoms with Crippen molar-refractivity contribution in [3.05, 3.63) is 175 Å². The maximum absolute atomic E-state index is 14.5. The van der Waals surface area contributed by atoms with E-state index in [-0.39, 0.29) is 66.8 Å². The minimum atomic E-state index is -0.340. The zero-order valence-electron chi connectivity index (χ0n) is 36.9. The first-order valence-corrected chi connectivity index (χ1v) is 23.1. The van der Waals surface area contributed by atoms with Crippen LogP contribution in [0.1, 0.15) is 83.5 Å². The van der Waals surface area contributed by atoms with Gasteiger partial charge in [0.1, 0.15) is 11.6 Å². The molecule has 6 heterocycles. The normalized spacial score (nSPS) is 17.0. The summed E-state index contributed by atoms with van der Waals surface area (Å²) in [6.07, 6.45) is 3.91. The number of imide groups is 2. The molecule has 0 N–H and O–H groups in total. The fourth-order valence-electron chi connectivity index (χ4n) is 10.2. The fourth-order valence-corrected chi connectivity index (χ4v) is 10.2. The highest BCUT2D eigenvalue weighted by molar-refractivity contribution is 6.22. The van der Waals surface area contributed by atoms with Crippen LogP contribution in [0.2, 0.25) is 0 Å². The second-order valence-electron chi connectivity index (χ2n) is 17.8. The molecule has 1 unspecified atom stereocenters. The van der Waals surface area contributed by atoms with E-state index in [4.69, 9.17) is 14.7 Å². The predicted molar refractivity (Wildman–Crippen MR) is 251 cm³/mol. The molecule has 0 bridgehead atoms. The summed E-state index contributed by atoms with van der Waals surface area (Å²) < 4.78 is 9.30. The van der Waals surface area contributed by atoms with Crippen molar-refractivity contribution in [3.63, 3.8) is 0 Å². The van der Waals surface area contributed by atoms with Gasteiger partial charge in [0.2, 0.25) is 0 Å². The van der Waals surface area contributed by atoms with Gasteiger partial charge in [-0.05, 0) is 103 Å². The number of amides is 4. The SMILES string of the molecule is O=C1c2ccccc2C(=O)N1CCc1nc2ccc(-c3ccc4c(c3)CN(CCn3c(CCN5C(=O)c6ccccc6C5=O)nc5ccccc5c3=O)CC4)cc2c(=O)n1CCC1CCCO1. The third-order valence-corrected chi connectivity index (χ3v) is 13.8. The van der Waals surface area contributed by atoms with Crippen molar-refractivity contribution >= 4 is 45.4 Å². The topological polar surface area (TPSA) is 157 Å². The summed E-state index contributed by atoms with van der Waals surface area (Å²) in [5, 5.41) is 1.00. The van der Waals surface area contributed by atoms with Gasteiger partial charge in [0.05, 0.1) is 50.2 Å². The van der Waals surface area contributed by atoms with Gasteiger partial charge in [0.15, 0.2) is 0 Å². The Labute approximate surface area is 385 Å². The lowest BCUT2D eigenvalue weighted by atomic mass is 9.94. The first-order valence-electron chi connectivity index (χ1n) is 23.1. The van der Waals surface area contributed by atoms with Crippen LogP contribution in [0.15, 0.2) is 119 Å². The molecule has 4 aliphatic rings. The Morgan fingerprint density at radius 2 is 1.09 bits per heavy atom. The Kier molecular flexibility index (Phi) is 11.0.